The van der Waals surface area contributed by atoms with Crippen molar-refractivity contribution >= 4 is 23.6 Å². The average Bonchev–Trinajstić information content (AvgIpc) is 2.62. The van der Waals surface area contributed by atoms with E-state index in [1.807, 2.05) is 20.8 Å². The van der Waals surface area contributed by atoms with Crippen LogP contribution in [0.3, 0.4) is 0 Å². The number of benzene rings is 1. The van der Waals surface area contributed by atoms with Gasteiger partial charge in [0.05, 0.1) is 17.3 Å². The molecule has 150 valence electrons. The number of ether oxygens (including phenoxy) is 1. The summed E-state index contributed by atoms with van der Waals surface area (Å²) < 4.78 is 5.37. The molecule has 0 aliphatic carbocycles. The van der Waals surface area contributed by atoms with Crippen molar-refractivity contribution in [3.05, 3.63) is 29.3 Å². The van der Waals surface area contributed by atoms with Gasteiger partial charge >= 0.3 is 6.09 Å². The third-order valence-electron chi connectivity index (χ3n) is 4.23. The van der Waals surface area contributed by atoms with Gasteiger partial charge in [-0.05, 0) is 39.3 Å². The van der Waals surface area contributed by atoms with Gasteiger partial charge in [0, 0.05) is 26.2 Å². The number of nitrogens with one attached hydrogen (secondary N) is 1. The third kappa shape index (κ3) is 5.46. The molecule has 0 radical (unpaired) electrons. The summed E-state index contributed by atoms with van der Waals surface area (Å²) in [6.07, 6.45) is -0.670. The summed E-state index contributed by atoms with van der Waals surface area (Å²) in [7, 11) is 0. The van der Waals surface area contributed by atoms with Crippen LogP contribution in [0.4, 0.5) is 10.5 Å². The van der Waals surface area contributed by atoms with Gasteiger partial charge in [-0.25, -0.2) is 4.79 Å². The summed E-state index contributed by atoms with van der Waals surface area (Å²) in [6.45, 7) is 8.72. The number of carbonyl (C=O) groups is 3. The summed E-state index contributed by atoms with van der Waals surface area (Å²) in [5.74, 6) is -0.680. The van der Waals surface area contributed by atoms with Gasteiger partial charge in [0.2, 0.25) is 5.91 Å². The van der Waals surface area contributed by atoms with E-state index in [0.29, 0.717) is 37.4 Å². The molecule has 0 bridgehead atoms. The summed E-state index contributed by atoms with van der Waals surface area (Å²) in [6, 6.07) is 6.98. The molecule has 1 heterocycles. The highest BCUT2D eigenvalue weighted by atomic mass is 16.6. The Morgan fingerprint density at radius 3 is 2.32 bits per heavy atom. The lowest BCUT2D eigenvalue weighted by atomic mass is 10.1. The van der Waals surface area contributed by atoms with Gasteiger partial charge in [-0.2, -0.15) is 5.26 Å². The Balaban J connectivity index is 2.08. The van der Waals surface area contributed by atoms with Crippen LogP contribution < -0.4 is 5.32 Å². The Morgan fingerprint density at radius 2 is 1.75 bits per heavy atom. The molecule has 2 rings (SSSR count). The smallest absolute Gasteiger partial charge is 0.410 e. The van der Waals surface area contributed by atoms with Crippen LogP contribution in [0.1, 0.15) is 43.1 Å². The standard InChI is InChI=1S/C20H26N4O4/c1-14-6-5-7-15(17(14)22-16(25)8-9-21)18(26)23-10-12-24(13-11-23)19(27)28-20(2,3)4/h5-7H,8,10-13H2,1-4H3,(H,22,25). The SMILES string of the molecule is Cc1cccc(C(=O)N2CCN(C(=O)OC(C)(C)C)CC2)c1NC(=O)CC#N. The van der Waals surface area contributed by atoms with E-state index >= 15 is 0 Å². The topological polar surface area (TPSA) is 103 Å². The largest absolute Gasteiger partial charge is 0.444 e. The van der Waals surface area contributed by atoms with Gasteiger partial charge in [-0.15, -0.1) is 0 Å². The number of anilines is 1. The molecular weight excluding hydrogens is 360 g/mol. The predicted molar refractivity (Wildman–Crippen MR) is 104 cm³/mol. The van der Waals surface area contributed by atoms with E-state index in [0.717, 1.165) is 5.56 Å². The first-order valence-corrected chi connectivity index (χ1v) is 9.16. The summed E-state index contributed by atoms with van der Waals surface area (Å²) in [5.41, 5.74) is 0.964. The van der Waals surface area contributed by atoms with Crippen molar-refractivity contribution in [1.29, 1.82) is 5.26 Å². The number of nitriles is 1. The number of piperazine rings is 1. The molecule has 0 atom stereocenters. The van der Waals surface area contributed by atoms with E-state index in [9.17, 15) is 14.4 Å². The molecule has 3 amide bonds. The quantitative estimate of drug-likeness (QED) is 0.860. The number of hydrogen-bond donors (Lipinski definition) is 1. The van der Waals surface area contributed by atoms with Gasteiger partial charge in [-0.3, -0.25) is 9.59 Å². The molecule has 0 unspecified atom stereocenters. The van der Waals surface area contributed by atoms with E-state index in [1.165, 1.54) is 0 Å². The summed E-state index contributed by atoms with van der Waals surface area (Å²) in [4.78, 5) is 40.2. The molecule has 1 aromatic carbocycles. The molecular formula is C20H26N4O4. The number of carbonyl (C=O) groups excluding carboxylic acids is 3. The molecule has 1 N–H and O–H groups in total. The maximum Gasteiger partial charge on any atom is 0.410 e. The van der Waals surface area contributed by atoms with Crippen LogP contribution in [0.5, 0.6) is 0 Å². The van der Waals surface area contributed by atoms with E-state index in [4.69, 9.17) is 10.00 Å². The number of nitrogens with zero attached hydrogens (tertiary/aromatic N) is 3. The zero-order chi connectivity index (χ0) is 20.9. The lowest BCUT2D eigenvalue weighted by Crippen LogP contribution is -2.51. The minimum atomic E-state index is -0.567. The van der Waals surface area contributed by atoms with Crippen molar-refractivity contribution in [2.24, 2.45) is 0 Å². The van der Waals surface area contributed by atoms with E-state index in [1.54, 1.807) is 41.0 Å². The molecule has 0 saturated carbocycles. The molecule has 28 heavy (non-hydrogen) atoms. The second-order valence-electron chi connectivity index (χ2n) is 7.64. The van der Waals surface area contributed by atoms with Crippen LogP contribution >= 0.6 is 0 Å². The van der Waals surface area contributed by atoms with E-state index in [-0.39, 0.29) is 18.4 Å². The van der Waals surface area contributed by atoms with Crippen LogP contribution in [-0.4, -0.2) is 59.5 Å². The van der Waals surface area contributed by atoms with Crippen LogP contribution in [0, 0.1) is 18.3 Å². The molecule has 1 aliphatic heterocycles. The third-order valence-corrected chi connectivity index (χ3v) is 4.23. The fraction of sp³-hybridized carbons (Fsp3) is 0.500. The summed E-state index contributed by atoms with van der Waals surface area (Å²) >= 11 is 0. The maximum absolute atomic E-state index is 13.0. The molecule has 1 aliphatic rings. The first-order chi connectivity index (χ1) is 13.1. The van der Waals surface area contributed by atoms with Gasteiger partial charge < -0.3 is 19.9 Å². The second kappa shape index (κ2) is 8.74. The Morgan fingerprint density at radius 1 is 1.14 bits per heavy atom. The van der Waals surface area contributed by atoms with Crippen molar-refractivity contribution in [3.8, 4) is 6.07 Å². The lowest BCUT2D eigenvalue weighted by Gasteiger charge is -2.36. The number of amides is 3. The highest BCUT2D eigenvalue weighted by Gasteiger charge is 2.29. The molecule has 1 fully saturated rings. The Labute approximate surface area is 165 Å². The van der Waals surface area contributed by atoms with E-state index < -0.39 is 11.5 Å². The van der Waals surface area contributed by atoms with Gasteiger partial charge in [-0.1, -0.05) is 12.1 Å². The predicted octanol–water partition coefficient (Wildman–Crippen LogP) is 2.54. The molecule has 0 aromatic heterocycles. The van der Waals surface area contributed by atoms with Crippen molar-refractivity contribution in [2.75, 3.05) is 31.5 Å². The van der Waals surface area contributed by atoms with Crippen molar-refractivity contribution in [3.63, 3.8) is 0 Å². The second-order valence-corrected chi connectivity index (χ2v) is 7.64. The maximum atomic E-state index is 13.0. The van der Waals surface area contributed by atoms with Crippen molar-refractivity contribution in [2.45, 2.75) is 39.7 Å². The van der Waals surface area contributed by atoms with Gasteiger partial charge in [0.25, 0.3) is 5.91 Å². The first kappa shape index (κ1) is 21.2. The molecule has 8 heteroatoms. The number of rotatable bonds is 3. The van der Waals surface area contributed by atoms with Crippen LogP contribution in [-0.2, 0) is 9.53 Å². The average molecular weight is 386 g/mol. The van der Waals surface area contributed by atoms with Crippen LogP contribution in [0.15, 0.2) is 18.2 Å². The molecule has 8 nitrogen and oxygen atoms in total. The van der Waals surface area contributed by atoms with Gasteiger partial charge in [0.15, 0.2) is 0 Å². The molecule has 0 spiro atoms. The zero-order valence-electron chi connectivity index (χ0n) is 16.7. The minimum absolute atomic E-state index is 0.222. The minimum Gasteiger partial charge on any atom is -0.444 e. The Hall–Kier alpha value is -3.08. The zero-order valence-corrected chi connectivity index (χ0v) is 16.7. The summed E-state index contributed by atoms with van der Waals surface area (Å²) in [5, 5.41) is 11.3. The fourth-order valence-electron chi connectivity index (χ4n) is 2.86. The first-order valence-electron chi connectivity index (χ1n) is 9.16. The Kier molecular flexibility index (Phi) is 6.62. The monoisotopic (exact) mass is 386 g/mol. The van der Waals surface area contributed by atoms with Crippen molar-refractivity contribution in [1.82, 2.24) is 9.80 Å². The molecule has 1 aromatic rings. The number of para-hydroxylation sites is 1. The Bertz CT molecular complexity index is 799. The normalized spacial score (nSPS) is 14.2. The highest BCUT2D eigenvalue weighted by molar-refractivity contribution is 6.05. The van der Waals surface area contributed by atoms with Crippen LogP contribution in [0.25, 0.3) is 0 Å². The van der Waals surface area contributed by atoms with Gasteiger partial charge in [0.1, 0.15) is 12.0 Å². The number of aryl methyl sites for hydroxylation is 1. The number of hydrogen-bond acceptors (Lipinski definition) is 5. The van der Waals surface area contributed by atoms with E-state index in [2.05, 4.69) is 5.32 Å². The lowest BCUT2D eigenvalue weighted by molar-refractivity contribution is -0.115. The molecule has 1 saturated heterocycles. The fourth-order valence-corrected chi connectivity index (χ4v) is 2.86. The van der Waals surface area contributed by atoms with Crippen molar-refractivity contribution < 1.29 is 19.1 Å². The van der Waals surface area contributed by atoms with Crippen LogP contribution in [0.2, 0.25) is 0 Å². The highest BCUT2D eigenvalue weighted by Crippen LogP contribution is 2.23.